The summed E-state index contributed by atoms with van der Waals surface area (Å²) in [4.78, 5) is 17.9. The molecule has 8 nitrogen and oxygen atoms in total. The van der Waals surface area contributed by atoms with Gasteiger partial charge in [0.15, 0.2) is 9.84 Å². The van der Waals surface area contributed by atoms with Gasteiger partial charge in [-0.25, -0.2) is 13.2 Å². The molecule has 1 unspecified atom stereocenters. The summed E-state index contributed by atoms with van der Waals surface area (Å²) in [5.41, 5.74) is 6.07. The molecule has 0 spiro atoms. The number of benzene rings is 1. The normalized spacial score (nSPS) is 24.8. The van der Waals surface area contributed by atoms with E-state index in [2.05, 4.69) is 37.9 Å². The number of amides is 2. The van der Waals surface area contributed by atoms with Crippen LogP contribution in [0.4, 0.5) is 10.5 Å². The van der Waals surface area contributed by atoms with E-state index in [-0.39, 0.29) is 46.8 Å². The molecule has 9 heteroatoms. The Hall–Kier alpha value is -1.68. The molecule has 0 aliphatic carbocycles. The fourth-order valence-electron chi connectivity index (χ4n) is 5.40. The summed E-state index contributed by atoms with van der Waals surface area (Å²) < 4.78 is 30.2. The molecule has 0 saturated carbocycles. The number of sulfone groups is 1. The molecule has 4 rings (SSSR count). The Morgan fingerprint density at radius 2 is 1.88 bits per heavy atom. The maximum atomic E-state index is 13.2. The lowest BCUT2D eigenvalue weighted by Crippen LogP contribution is -2.59. The number of urea groups is 1. The second kappa shape index (κ2) is 10.3. The van der Waals surface area contributed by atoms with Gasteiger partial charge in [-0.05, 0) is 62.8 Å². The van der Waals surface area contributed by atoms with E-state index < -0.39 is 9.84 Å². The first-order valence-electron chi connectivity index (χ1n) is 11.9. The number of carbonyl (C=O) groups excluding carboxylic acids is 1. The van der Waals surface area contributed by atoms with Crippen molar-refractivity contribution in [3.63, 3.8) is 0 Å². The number of nitrogens with zero attached hydrogens (tertiary/aromatic N) is 2. The summed E-state index contributed by atoms with van der Waals surface area (Å²) in [6, 6.07) is 6.67. The van der Waals surface area contributed by atoms with Gasteiger partial charge in [0.1, 0.15) is 0 Å². The smallest absolute Gasteiger partial charge is 0.321 e. The molecule has 2 bridgehead atoms. The maximum absolute atomic E-state index is 13.2. The summed E-state index contributed by atoms with van der Waals surface area (Å²) in [6.07, 6.45) is 1.21. The van der Waals surface area contributed by atoms with Crippen LogP contribution in [0.15, 0.2) is 29.2 Å². The van der Waals surface area contributed by atoms with Gasteiger partial charge in [-0.3, -0.25) is 4.90 Å². The van der Waals surface area contributed by atoms with Gasteiger partial charge in [0.2, 0.25) is 0 Å². The Kier molecular flexibility index (Phi) is 8.09. The van der Waals surface area contributed by atoms with Gasteiger partial charge in [0.25, 0.3) is 0 Å². The Morgan fingerprint density at radius 1 is 1.21 bits per heavy atom. The lowest BCUT2D eigenvalue weighted by Gasteiger charge is -2.50. The number of hydrogen-bond donors (Lipinski definition) is 2. The molecule has 33 heavy (non-hydrogen) atoms. The summed E-state index contributed by atoms with van der Waals surface area (Å²) in [7, 11) is -3.39. The highest BCUT2D eigenvalue weighted by Gasteiger charge is 2.48. The fraction of sp³-hybridized carbons (Fsp3) is 0.708. The van der Waals surface area contributed by atoms with Crippen molar-refractivity contribution in [3.8, 4) is 0 Å². The molecular weight excluding hydrogens is 440 g/mol. The van der Waals surface area contributed by atoms with Crippen molar-refractivity contribution >= 4 is 21.6 Å². The quantitative estimate of drug-likeness (QED) is 0.593. The average molecular weight is 481 g/mol. The van der Waals surface area contributed by atoms with Crippen molar-refractivity contribution in [2.24, 2.45) is 17.1 Å². The highest BCUT2D eigenvalue weighted by Crippen LogP contribution is 2.42. The first kappa shape index (κ1) is 25.9. The van der Waals surface area contributed by atoms with Crippen LogP contribution in [0.25, 0.3) is 0 Å². The van der Waals surface area contributed by atoms with E-state index in [0.717, 1.165) is 13.0 Å². The van der Waals surface area contributed by atoms with E-state index in [9.17, 15) is 13.2 Å². The van der Waals surface area contributed by atoms with Crippen molar-refractivity contribution in [1.29, 1.82) is 0 Å². The van der Waals surface area contributed by atoms with Gasteiger partial charge >= 0.3 is 6.03 Å². The molecule has 0 radical (unpaired) electrons. The van der Waals surface area contributed by atoms with E-state index in [0.29, 0.717) is 31.3 Å². The molecule has 3 heterocycles. The third kappa shape index (κ3) is 5.88. The van der Waals surface area contributed by atoms with Gasteiger partial charge < -0.3 is 20.7 Å². The summed E-state index contributed by atoms with van der Waals surface area (Å²) in [6.45, 7) is 14.1. The topological polar surface area (TPSA) is 105 Å². The average Bonchev–Trinajstić information content (AvgIpc) is 3.01. The maximum Gasteiger partial charge on any atom is 0.321 e. The predicted octanol–water partition coefficient (Wildman–Crippen LogP) is 2.80. The molecule has 3 N–H and O–H groups in total. The SMILES string of the molecule is CCOC(C)[C@H](C)N1C[C@H]2CN(C(=O)Nc3ccc(S(=O)(=O)CCN)cc3)C[C@@H]1C(C)(C)C2. The van der Waals surface area contributed by atoms with Crippen molar-refractivity contribution in [2.45, 2.75) is 64.1 Å². The monoisotopic (exact) mass is 480 g/mol. The van der Waals surface area contributed by atoms with Crippen LogP contribution in [0, 0.1) is 11.3 Å². The minimum Gasteiger partial charge on any atom is -0.377 e. The number of ether oxygens (including phenoxy) is 1. The lowest BCUT2D eigenvalue weighted by atomic mass is 9.73. The Bertz CT molecular complexity index is 919. The highest BCUT2D eigenvalue weighted by atomic mass is 32.2. The summed E-state index contributed by atoms with van der Waals surface area (Å²) in [5, 5.41) is 2.96. The lowest BCUT2D eigenvalue weighted by molar-refractivity contribution is -0.0563. The van der Waals surface area contributed by atoms with E-state index in [4.69, 9.17) is 10.5 Å². The molecule has 2 amide bonds. The number of nitrogens with two attached hydrogens (primary N) is 1. The zero-order chi connectivity index (χ0) is 24.4. The van der Waals surface area contributed by atoms with E-state index in [1.54, 1.807) is 12.1 Å². The zero-order valence-electron chi connectivity index (χ0n) is 20.6. The number of carbonyl (C=O) groups is 1. The Morgan fingerprint density at radius 3 is 2.48 bits per heavy atom. The predicted molar refractivity (Wildman–Crippen MR) is 131 cm³/mol. The van der Waals surface area contributed by atoms with Crippen LogP contribution in [-0.4, -0.2) is 81.0 Å². The van der Waals surface area contributed by atoms with Crippen LogP contribution < -0.4 is 11.1 Å². The number of piperidine rings is 1. The number of anilines is 1. The van der Waals surface area contributed by atoms with Crippen LogP contribution in [0.1, 0.15) is 41.0 Å². The Labute approximate surface area is 198 Å². The fourth-order valence-corrected chi connectivity index (χ4v) is 6.49. The standard InChI is InChI=1S/C24H40N4O4S/c1-6-32-18(3)17(2)28-15-19-13-24(4,5)22(28)16-27(14-19)23(29)26-20-7-9-21(10-8-20)33(30,31)12-11-25/h7-10,17-19,22H,6,11-16,25H2,1-5H3,(H,26,29)/t17-,18?,19+,22+/m0/s1. The zero-order valence-corrected chi connectivity index (χ0v) is 21.4. The molecular formula is C24H40N4O4S. The number of rotatable bonds is 8. The third-order valence-corrected chi connectivity index (χ3v) is 8.99. The van der Waals surface area contributed by atoms with Gasteiger partial charge in [-0.1, -0.05) is 13.8 Å². The number of fused-ring (bicyclic) bond motifs is 4. The van der Waals surface area contributed by atoms with Crippen LogP contribution >= 0.6 is 0 Å². The van der Waals surface area contributed by atoms with Gasteiger partial charge in [0, 0.05) is 50.6 Å². The largest absolute Gasteiger partial charge is 0.377 e. The van der Waals surface area contributed by atoms with Gasteiger partial charge in [-0.2, -0.15) is 0 Å². The van der Waals surface area contributed by atoms with Crippen molar-refractivity contribution in [3.05, 3.63) is 24.3 Å². The summed E-state index contributed by atoms with van der Waals surface area (Å²) >= 11 is 0. The van der Waals surface area contributed by atoms with E-state index in [1.807, 2.05) is 11.8 Å². The Balaban J connectivity index is 1.72. The van der Waals surface area contributed by atoms with E-state index in [1.165, 1.54) is 12.1 Å². The molecule has 0 aromatic heterocycles. The minimum absolute atomic E-state index is 0.0768. The number of hydrogen-bond acceptors (Lipinski definition) is 6. The van der Waals surface area contributed by atoms with Crippen LogP contribution in [0.5, 0.6) is 0 Å². The van der Waals surface area contributed by atoms with Crippen molar-refractivity contribution in [2.75, 3.05) is 43.9 Å². The molecule has 4 atom stereocenters. The van der Waals surface area contributed by atoms with E-state index >= 15 is 0 Å². The van der Waals surface area contributed by atoms with Crippen molar-refractivity contribution < 1.29 is 17.9 Å². The summed E-state index contributed by atoms with van der Waals surface area (Å²) in [5.74, 6) is 0.298. The molecule has 186 valence electrons. The second-order valence-corrected chi connectivity index (χ2v) is 12.2. The first-order valence-corrected chi connectivity index (χ1v) is 13.6. The van der Waals surface area contributed by atoms with Gasteiger partial charge in [-0.15, -0.1) is 0 Å². The van der Waals surface area contributed by atoms with Crippen LogP contribution in [0.2, 0.25) is 0 Å². The number of nitrogens with one attached hydrogen (secondary N) is 1. The molecule has 1 aromatic rings. The van der Waals surface area contributed by atoms with Gasteiger partial charge in [0.05, 0.1) is 16.8 Å². The van der Waals surface area contributed by atoms with Crippen LogP contribution in [-0.2, 0) is 14.6 Å². The second-order valence-electron chi connectivity index (χ2n) is 10.1. The van der Waals surface area contributed by atoms with Crippen LogP contribution in [0.3, 0.4) is 0 Å². The minimum atomic E-state index is -3.39. The van der Waals surface area contributed by atoms with Crippen molar-refractivity contribution in [1.82, 2.24) is 9.80 Å². The molecule has 3 fully saturated rings. The molecule has 1 aromatic carbocycles. The molecule has 3 saturated heterocycles. The molecule has 3 aliphatic rings. The first-order chi connectivity index (χ1) is 15.5. The third-order valence-electron chi connectivity index (χ3n) is 7.23. The highest BCUT2D eigenvalue weighted by molar-refractivity contribution is 7.91. The molecule has 3 aliphatic heterocycles.